The maximum absolute atomic E-state index is 11.7. The molecule has 1 fully saturated rings. The molecule has 4 nitrogen and oxygen atoms in total. The molecule has 1 aliphatic rings. The second-order valence-electron chi connectivity index (χ2n) is 4.23. The summed E-state index contributed by atoms with van der Waals surface area (Å²) in [4.78, 5) is 23.5. The van der Waals surface area contributed by atoms with E-state index in [1.54, 1.807) is 0 Å². The van der Waals surface area contributed by atoms with Crippen LogP contribution in [0.3, 0.4) is 0 Å². The van der Waals surface area contributed by atoms with Gasteiger partial charge in [0.1, 0.15) is 6.61 Å². The average Bonchev–Trinajstić information content (AvgIpc) is 2.86. The molecule has 0 saturated carbocycles. The zero-order valence-corrected chi connectivity index (χ0v) is 10.3. The van der Waals surface area contributed by atoms with Gasteiger partial charge in [-0.25, -0.2) is 0 Å². The summed E-state index contributed by atoms with van der Waals surface area (Å²) in [6.45, 7) is 2.68. The maximum atomic E-state index is 11.7. The fraction of sp³-hybridized carbons (Fsp3) is 0.692. The Balaban J connectivity index is 1.94. The molecule has 0 aliphatic carbocycles. The first-order valence-corrected chi connectivity index (χ1v) is 6.32. The zero-order chi connectivity index (χ0) is 12.3. The van der Waals surface area contributed by atoms with E-state index in [4.69, 9.17) is 0 Å². The number of unbranched alkanes of at least 4 members (excludes halogenated alkanes) is 2. The van der Waals surface area contributed by atoms with Gasteiger partial charge in [-0.1, -0.05) is 12.2 Å². The van der Waals surface area contributed by atoms with Crippen molar-refractivity contribution in [2.75, 3.05) is 19.7 Å². The zero-order valence-electron chi connectivity index (χ0n) is 10.3. The Morgan fingerprint density at radius 1 is 1.18 bits per heavy atom. The van der Waals surface area contributed by atoms with Crippen molar-refractivity contribution in [1.82, 2.24) is 4.90 Å². The number of rotatable bonds is 8. The summed E-state index contributed by atoms with van der Waals surface area (Å²) in [5, 5.41) is 0. The number of carbonyl (C=O) groups excluding carboxylic acids is 2. The summed E-state index contributed by atoms with van der Waals surface area (Å²) in [6, 6.07) is 0. The molecule has 1 rings (SSSR count). The molecule has 0 N–H and O–H groups in total. The predicted molar refractivity (Wildman–Crippen MR) is 65.4 cm³/mol. The Kier molecular flexibility index (Phi) is 7.11. The van der Waals surface area contributed by atoms with Gasteiger partial charge in [-0.15, -0.1) is 0 Å². The number of nitrogens with zero attached hydrogens (tertiary/aromatic N) is 1. The minimum absolute atomic E-state index is 0.302. The molecule has 0 radical (unpaired) electrons. The highest BCUT2D eigenvalue weighted by Gasteiger charge is 2.16. The molecule has 1 heterocycles. The smallest absolute Gasteiger partial charge is 0.293 e. The Bertz CT molecular complexity index is 257. The molecule has 0 atom stereocenters. The predicted octanol–water partition coefficient (Wildman–Crippen LogP) is 1.90. The van der Waals surface area contributed by atoms with E-state index in [-0.39, 0.29) is 0 Å². The van der Waals surface area contributed by atoms with Gasteiger partial charge in [0.2, 0.25) is 5.91 Å². The van der Waals surface area contributed by atoms with Crippen molar-refractivity contribution >= 4 is 12.4 Å². The van der Waals surface area contributed by atoms with Crippen molar-refractivity contribution in [2.45, 2.75) is 38.5 Å². The third-order valence-electron chi connectivity index (χ3n) is 2.90. The lowest BCUT2D eigenvalue weighted by molar-refractivity contribution is -0.130. The molecule has 0 aromatic carbocycles. The first-order valence-electron chi connectivity index (χ1n) is 6.32. The van der Waals surface area contributed by atoms with Gasteiger partial charge in [0.15, 0.2) is 0 Å². The van der Waals surface area contributed by atoms with E-state index in [2.05, 4.69) is 4.74 Å². The van der Waals surface area contributed by atoms with Crippen molar-refractivity contribution in [3.63, 3.8) is 0 Å². The quantitative estimate of drug-likeness (QED) is 0.369. The van der Waals surface area contributed by atoms with Crippen LogP contribution < -0.4 is 0 Å². The Morgan fingerprint density at radius 2 is 1.94 bits per heavy atom. The van der Waals surface area contributed by atoms with Crippen LogP contribution in [-0.4, -0.2) is 37.0 Å². The standard InChI is InChI=1S/C13H21NO3/c15-12-17-11-7-3-1-2-4-8-13(16)14-9-5-6-10-14/h3,7,12H,1-2,4-6,8-11H2/b7-3+. The Labute approximate surface area is 103 Å². The third kappa shape index (κ3) is 6.09. The topological polar surface area (TPSA) is 46.6 Å². The lowest BCUT2D eigenvalue weighted by Crippen LogP contribution is -2.27. The largest absolute Gasteiger partial charge is 0.464 e. The minimum atomic E-state index is 0.302. The number of allylic oxidation sites excluding steroid dienone is 1. The van der Waals surface area contributed by atoms with E-state index < -0.39 is 0 Å². The summed E-state index contributed by atoms with van der Waals surface area (Å²) in [5.74, 6) is 0.302. The Morgan fingerprint density at radius 3 is 2.65 bits per heavy atom. The molecule has 1 saturated heterocycles. The molecule has 0 unspecified atom stereocenters. The van der Waals surface area contributed by atoms with Crippen LogP contribution in [-0.2, 0) is 14.3 Å². The van der Waals surface area contributed by atoms with Gasteiger partial charge < -0.3 is 9.64 Å². The fourth-order valence-electron chi connectivity index (χ4n) is 1.94. The van der Waals surface area contributed by atoms with Gasteiger partial charge >= 0.3 is 0 Å². The third-order valence-corrected chi connectivity index (χ3v) is 2.90. The van der Waals surface area contributed by atoms with Gasteiger partial charge in [-0.05, 0) is 32.1 Å². The highest BCUT2D eigenvalue weighted by Crippen LogP contribution is 2.11. The van der Waals surface area contributed by atoms with E-state index in [1.807, 2.05) is 17.1 Å². The van der Waals surface area contributed by atoms with Crippen LogP contribution >= 0.6 is 0 Å². The van der Waals surface area contributed by atoms with Crippen molar-refractivity contribution < 1.29 is 14.3 Å². The van der Waals surface area contributed by atoms with E-state index >= 15 is 0 Å². The van der Waals surface area contributed by atoms with Crippen LogP contribution in [0.15, 0.2) is 12.2 Å². The summed E-state index contributed by atoms with van der Waals surface area (Å²) in [5.41, 5.74) is 0. The number of hydrogen-bond acceptors (Lipinski definition) is 3. The van der Waals surface area contributed by atoms with Gasteiger partial charge in [-0.3, -0.25) is 9.59 Å². The number of hydrogen-bond donors (Lipinski definition) is 0. The lowest BCUT2D eigenvalue weighted by Gasteiger charge is -2.14. The van der Waals surface area contributed by atoms with Crippen molar-refractivity contribution in [3.05, 3.63) is 12.2 Å². The van der Waals surface area contributed by atoms with Gasteiger partial charge in [0.25, 0.3) is 6.47 Å². The van der Waals surface area contributed by atoms with Gasteiger partial charge in [0, 0.05) is 19.5 Å². The normalized spacial score (nSPS) is 15.4. The number of amides is 1. The summed E-state index contributed by atoms with van der Waals surface area (Å²) >= 11 is 0. The summed E-state index contributed by atoms with van der Waals surface area (Å²) in [7, 11) is 0. The van der Waals surface area contributed by atoms with Gasteiger partial charge in [-0.2, -0.15) is 0 Å². The molecular weight excluding hydrogens is 218 g/mol. The van der Waals surface area contributed by atoms with Crippen LogP contribution in [0.5, 0.6) is 0 Å². The first kappa shape index (κ1) is 13.7. The minimum Gasteiger partial charge on any atom is -0.464 e. The molecule has 1 amide bonds. The van der Waals surface area contributed by atoms with Crippen molar-refractivity contribution in [3.8, 4) is 0 Å². The highest BCUT2D eigenvalue weighted by atomic mass is 16.5. The fourth-order valence-corrected chi connectivity index (χ4v) is 1.94. The van der Waals surface area contributed by atoms with E-state index in [9.17, 15) is 9.59 Å². The van der Waals surface area contributed by atoms with E-state index in [0.717, 1.165) is 45.2 Å². The van der Waals surface area contributed by atoms with E-state index in [0.29, 0.717) is 25.4 Å². The molecule has 1 aliphatic heterocycles. The summed E-state index contributed by atoms with van der Waals surface area (Å²) < 4.78 is 4.52. The maximum Gasteiger partial charge on any atom is 0.293 e. The molecule has 0 spiro atoms. The molecule has 0 bridgehead atoms. The number of likely N-dealkylation sites (tertiary alicyclic amines) is 1. The van der Waals surface area contributed by atoms with Crippen molar-refractivity contribution in [1.29, 1.82) is 0 Å². The second kappa shape index (κ2) is 8.79. The Hall–Kier alpha value is -1.32. The number of carbonyl (C=O) groups is 2. The molecule has 4 heteroatoms. The second-order valence-corrected chi connectivity index (χ2v) is 4.23. The highest BCUT2D eigenvalue weighted by molar-refractivity contribution is 5.76. The monoisotopic (exact) mass is 239 g/mol. The molecular formula is C13H21NO3. The van der Waals surface area contributed by atoms with Crippen LogP contribution in [0.4, 0.5) is 0 Å². The molecule has 17 heavy (non-hydrogen) atoms. The first-order chi connectivity index (χ1) is 8.34. The van der Waals surface area contributed by atoms with Crippen LogP contribution in [0, 0.1) is 0 Å². The molecule has 96 valence electrons. The van der Waals surface area contributed by atoms with Crippen LogP contribution in [0.25, 0.3) is 0 Å². The van der Waals surface area contributed by atoms with Crippen LogP contribution in [0.2, 0.25) is 0 Å². The molecule has 0 aromatic heterocycles. The SMILES string of the molecule is O=COC/C=C/CCCCC(=O)N1CCCC1. The van der Waals surface area contributed by atoms with Crippen LogP contribution in [0.1, 0.15) is 38.5 Å². The van der Waals surface area contributed by atoms with E-state index in [1.165, 1.54) is 0 Å². The average molecular weight is 239 g/mol. The lowest BCUT2D eigenvalue weighted by atomic mass is 10.1. The van der Waals surface area contributed by atoms with Crippen molar-refractivity contribution in [2.24, 2.45) is 0 Å². The van der Waals surface area contributed by atoms with Gasteiger partial charge in [0.05, 0.1) is 0 Å². The number of ether oxygens (including phenoxy) is 1. The summed E-state index contributed by atoms with van der Waals surface area (Å²) in [6.07, 6.45) is 9.69. The molecule has 0 aromatic rings.